The van der Waals surface area contributed by atoms with Crippen LogP contribution in [0.25, 0.3) is 0 Å². The van der Waals surface area contributed by atoms with Gasteiger partial charge in [0.25, 0.3) is 0 Å². The van der Waals surface area contributed by atoms with Gasteiger partial charge in [-0.05, 0) is 0 Å². The van der Waals surface area contributed by atoms with Crippen LogP contribution in [0.5, 0.6) is 0 Å². The van der Waals surface area contributed by atoms with E-state index < -0.39 is 51.3 Å². The number of carbonyl (C=O) groups is 1. The molecule has 0 saturated carbocycles. The second kappa shape index (κ2) is 6.41. The van der Waals surface area contributed by atoms with E-state index in [0.29, 0.717) is 0 Å². The Labute approximate surface area is 126 Å². The Morgan fingerprint density at radius 2 is 2.10 bits per heavy atom. The van der Waals surface area contributed by atoms with Crippen LogP contribution in [0, 0.1) is 0 Å². The van der Waals surface area contributed by atoms with Gasteiger partial charge in [-0.1, -0.05) is 0 Å². The first kappa shape index (κ1) is 15.7. The zero-order valence-corrected chi connectivity index (χ0v) is 14.2. The molecule has 1 radical (unpaired) electrons. The summed E-state index contributed by atoms with van der Waals surface area (Å²) in [6.07, 6.45) is -4.65. The van der Waals surface area contributed by atoms with Gasteiger partial charge >= 0.3 is 126 Å². The Kier molecular flexibility index (Phi) is 5.05. The van der Waals surface area contributed by atoms with E-state index in [2.05, 4.69) is 0 Å². The second-order valence-electron chi connectivity index (χ2n) is 4.36. The molecule has 1 N–H and O–H groups in total. The molecule has 7 heteroatoms. The molecule has 1 heterocycles. The Balaban J connectivity index is 2.02. The number of ether oxygens (including phenoxy) is 2. The first-order chi connectivity index (χ1) is 9.45. The van der Waals surface area contributed by atoms with Gasteiger partial charge in [0, 0.05) is 0 Å². The third-order valence-corrected chi connectivity index (χ3v) is 6.24. The number of hydrogen-bond donors (Lipinski definition) is 1. The van der Waals surface area contributed by atoms with Crippen LogP contribution >= 0.6 is 0 Å². The number of alkyl halides is 2. The van der Waals surface area contributed by atoms with Crippen LogP contribution in [0.3, 0.4) is 0 Å². The van der Waals surface area contributed by atoms with E-state index >= 15 is 0 Å². The molecule has 1 fully saturated rings. The van der Waals surface area contributed by atoms with Crippen LogP contribution in [-0.2, 0) is 9.47 Å². The normalized spacial score (nSPS) is 28.3. The molecule has 0 aromatic heterocycles. The van der Waals surface area contributed by atoms with Crippen molar-refractivity contribution < 1.29 is 28.2 Å². The average Bonchev–Trinajstić information content (AvgIpc) is 2.63. The van der Waals surface area contributed by atoms with Gasteiger partial charge in [0.1, 0.15) is 0 Å². The average molecular weight is 481 g/mol. The predicted octanol–water partition coefficient (Wildman–Crippen LogP) is 1.28. The van der Waals surface area contributed by atoms with Crippen molar-refractivity contribution in [3.05, 3.63) is 30.3 Å². The quantitative estimate of drug-likeness (QED) is 0.659. The maximum absolute atomic E-state index is 13.7. The molecule has 109 valence electrons. The summed E-state index contributed by atoms with van der Waals surface area (Å²) in [5, 5.41) is 9.18. The zero-order valence-electron chi connectivity index (χ0n) is 10.7. The van der Waals surface area contributed by atoms with Crippen LogP contribution in [0.15, 0.2) is 30.3 Å². The van der Waals surface area contributed by atoms with E-state index in [1.165, 1.54) is 0 Å². The van der Waals surface area contributed by atoms with Crippen molar-refractivity contribution in [1.29, 1.82) is 0 Å². The molecule has 2 rings (SSSR count). The van der Waals surface area contributed by atoms with Gasteiger partial charge in [-0.25, -0.2) is 0 Å². The summed E-state index contributed by atoms with van der Waals surface area (Å²) in [6.45, 7) is 1.64. The Morgan fingerprint density at radius 3 is 2.70 bits per heavy atom. The molecular formula is C13H14BiF2O4. The fourth-order valence-corrected chi connectivity index (χ4v) is 4.64. The Bertz CT molecular complexity index is 469. The summed E-state index contributed by atoms with van der Waals surface area (Å²) < 4.78 is 37.3. The van der Waals surface area contributed by atoms with Crippen molar-refractivity contribution >= 4 is 30.2 Å². The first-order valence-corrected chi connectivity index (χ1v) is 9.61. The molecule has 20 heavy (non-hydrogen) atoms. The molecule has 0 amide bonds. The minimum absolute atomic E-state index is 0.238. The van der Waals surface area contributed by atoms with Crippen molar-refractivity contribution in [2.24, 2.45) is 0 Å². The number of benzene rings is 1. The second-order valence-corrected chi connectivity index (χ2v) is 8.66. The van der Waals surface area contributed by atoms with Crippen molar-refractivity contribution in [2.75, 3.05) is 0 Å². The summed E-state index contributed by atoms with van der Waals surface area (Å²) in [5.74, 6) is -3.56. The molecular weight excluding hydrogens is 467 g/mol. The topological polar surface area (TPSA) is 55.8 Å². The molecule has 1 aliphatic rings. The number of carbonyl (C=O) groups excluding carboxylic acids is 1. The van der Waals surface area contributed by atoms with Gasteiger partial charge < -0.3 is 0 Å². The first-order valence-electron chi connectivity index (χ1n) is 6.14. The van der Waals surface area contributed by atoms with E-state index in [1.807, 2.05) is 6.07 Å². The molecule has 1 aromatic carbocycles. The van der Waals surface area contributed by atoms with Crippen molar-refractivity contribution in [1.82, 2.24) is 0 Å². The third-order valence-electron chi connectivity index (χ3n) is 2.96. The van der Waals surface area contributed by atoms with Crippen LogP contribution < -0.4 is 3.27 Å². The number of rotatable bonds is 4. The van der Waals surface area contributed by atoms with Crippen LogP contribution in [0.1, 0.15) is 13.3 Å². The zero-order chi connectivity index (χ0) is 14.8. The van der Waals surface area contributed by atoms with Gasteiger partial charge in [-0.15, -0.1) is 0 Å². The molecule has 0 aliphatic carbocycles. The van der Waals surface area contributed by atoms with E-state index in [1.54, 1.807) is 31.2 Å². The Hall–Kier alpha value is -0.647. The summed E-state index contributed by atoms with van der Waals surface area (Å²) in [7, 11) is 0. The standard InChI is InChI=1S/C7H9F2O4.C6H5.Bi/c1-2-4-5(12-3-10)7(8,9)6(11)13-4;1-2-4-6-5-3-1;/h4-6,11H,2H2,1H3;1-5H;/t4-,5+,6?;;/m1../s1. The SMILES string of the molecule is CC[C@H]1OC(O)C(F)(F)[C@H]1O[C](=O)[Bi][c]1ccccc1. The molecule has 1 unspecified atom stereocenters. The van der Waals surface area contributed by atoms with Crippen LogP contribution in [0.4, 0.5) is 13.6 Å². The maximum atomic E-state index is 13.7. The summed E-state index contributed by atoms with van der Waals surface area (Å²) in [6, 6.07) is 8.97. The number of hydrogen-bond acceptors (Lipinski definition) is 4. The molecule has 1 aliphatic heterocycles. The summed E-state index contributed by atoms with van der Waals surface area (Å²) >= 11 is -1.85. The summed E-state index contributed by atoms with van der Waals surface area (Å²) in [5.41, 5.74) is 0. The van der Waals surface area contributed by atoms with E-state index in [-0.39, 0.29) is 6.42 Å². The number of aliphatic hydroxyl groups is 1. The molecule has 1 aromatic rings. The fourth-order valence-electron chi connectivity index (χ4n) is 1.92. The molecule has 0 bridgehead atoms. The van der Waals surface area contributed by atoms with Crippen LogP contribution in [-0.4, -0.2) is 56.4 Å². The summed E-state index contributed by atoms with van der Waals surface area (Å²) in [4.78, 5) is 11.8. The molecule has 3 atom stereocenters. The van der Waals surface area contributed by atoms with E-state index in [4.69, 9.17) is 9.47 Å². The third kappa shape index (κ3) is 3.33. The van der Waals surface area contributed by atoms with E-state index in [0.717, 1.165) is 3.27 Å². The van der Waals surface area contributed by atoms with Gasteiger partial charge in [0.15, 0.2) is 0 Å². The Morgan fingerprint density at radius 1 is 1.45 bits per heavy atom. The van der Waals surface area contributed by atoms with Gasteiger partial charge in [0.05, 0.1) is 0 Å². The van der Waals surface area contributed by atoms with Gasteiger partial charge in [-0.2, -0.15) is 0 Å². The van der Waals surface area contributed by atoms with Crippen molar-refractivity contribution in [2.45, 2.75) is 37.8 Å². The van der Waals surface area contributed by atoms with Gasteiger partial charge in [0.2, 0.25) is 0 Å². The van der Waals surface area contributed by atoms with Crippen molar-refractivity contribution in [3.63, 3.8) is 0 Å². The molecule has 4 nitrogen and oxygen atoms in total. The monoisotopic (exact) mass is 481 g/mol. The number of halogens is 2. The predicted molar refractivity (Wildman–Crippen MR) is 68.2 cm³/mol. The molecule has 0 spiro atoms. The molecule has 1 saturated heterocycles. The fraction of sp³-hybridized carbons (Fsp3) is 0.462. The van der Waals surface area contributed by atoms with Crippen molar-refractivity contribution in [3.8, 4) is 0 Å². The minimum atomic E-state index is -3.56. The van der Waals surface area contributed by atoms with Gasteiger partial charge in [-0.3, -0.25) is 0 Å². The number of aliphatic hydroxyl groups excluding tert-OH is 1. The van der Waals surface area contributed by atoms with Crippen LogP contribution in [0.2, 0.25) is 0 Å². The van der Waals surface area contributed by atoms with E-state index in [9.17, 15) is 18.7 Å².